The van der Waals surface area contributed by atoms with Crippen molar-refractivity contribution in [3.63, 3.8) is 0 Å². The summed E-state index contributed by atoms with van der Waals surface area (Å²) in [7, 11) is 0. The minimum atomic E-state index is -0.918. The Morgan fingerprint density at radius 3 is 2.63 bits per heavy atom. The van der Waals surface area contributed by atoms with Crippen molar-refractivity contribution in [1.82, 2.24) is 10.3 Å². The van der Waals surface area contributed by atoms with Gasteiger partial charge in [-0.1, -0.05) is 17.7 Å². The third kappa shape index (κ3) is 1.88. The maximum absolute atomic E-state index is 11.8. The largest absolute Gasteiger partial charge is 0.295 e. The summed E-state index contributed by atoms with van der Waals surface area (Å²) < 4.78 is 0. The van der Waals surface area contributed by atoms with Gasteiger partial charge in [-0.3, -0.25) is 19.9 Å². The van der Waals surface area contributed by atoms with E-state index in [0.29, 0.717) is 16.1 Å². The standard InChI is InChI=1S/C13H8Cl2N2O2/c14-8-4-3-7(11-6(8)2-1-5-16-11)9-10(15)13(19)17-12(9)18/h1-5,9-10H,(H,17,18,19). The number of aromatic nitrogens is 1. The maximum atomic E-state index is 11.8. The van der Waals surface area contributed by atoms with Gasteiger partial charge in [-0.05, 0) is 23.8 Å². The zero-order valence-corrected chi connectivity index (χ0v) is 11.1. The number of carbonyl (C=O) groups excluding carboxylic acids is 2. The Morgan fingerprint density at radius 1 is 1.16 bits per heavy atom. The van der Waals surface area contributed by atoms with E-state index in [2.05, 4.69) is 10.3 Å². The molecule has 1 fully saturated rings. The quantitative estimate of drug-likeness (QED) is 0.648. The Balaban J connectivity index is 2.24. The van der Waals surface area contributed by atoms with Crippen LogP contribution in [0.3, 0.4) is 0 Å². The highest BCUT2D eigenvalue weighted by Gasteiger charge is 2.42. The van der Waals surface area contributed by atoms with Gasteiger partial charge in [-0.15, -0.1) is 11.6 Å². The van der Waals surface area contributed by atoms with E-state index in [4.69, 9.17) is 23.2 Å². The summed E-state index contributed by atoms with van der Waals surface area (Å²) in [6.45, 7) is 0. The van der Waals surface area contributed by atoms with Crippen LogP contribution < -0.4 is 5.32 Å². The summed E-state index contributed by atoms with van der Waals surface area (Å²) in [6.07, 6.45) is 1.61. The first-order valence-electron chi connectivity index (χ1n) is 5.61. The van der Waals surface area contributed by atoms with Gasteiger partial charge in [0.1, 0.15) is 5.38 Å². The van der Waals surface area contributed by atoms with Crippen LogP contribution in [0.1, 0.15) is 11.5 Å². The number of carbonyl (C=O) groups is 2. The monoisotopic (exact) mass is 294 g/mol. The van der Waals surface area contributed by atoms with Crippen molar-refractivity contribution in [2.45, 2.75) is 11.3 Å². The lowest BCUT2D eigenvalue weighted by atomic mass is 9.94. The lowest BCUT2D eigenvalue weighted by Gasteiger charge is -2.13. The van der Waals surface area contributed by atoms with Gasteiger partial charge >= 0.3 is 0 Å². The zero-order valence-electron chi connectivity index (χ0n) is 9.56. The molecule has 2 atom stereocenters. The highest BCUT2D eigenvalue weighted by atomic mass is 35.5. The fraction of sp³-hybridized carbons (Fsp3) is 0.154. The van der Waals surface area contributed by atoms with Gasteiger partial charge in [-0.2, -0.15) is 0 Å². The first-order valence-corrected chi connectivity index (χ1v) is 6.43. The molecule has 0 bridgehead atoms. The molecule has 4 nitrogen and oxygen atoms in total. The number of imide groups is 1. The van der Waals surface area contributed by atoms with E-state index in [-0.39, 0.29) is 0 Å². The smallest absolute Gasteiger partial charge is 0.245 e. The van der Waals surface area contributed by atoms with Gasteiger partial charge in [-0.25, -0.2) is 0 Å². The third-order valence-electron chi connectivity index (χ3n) is 3.15. The fourth-order valence-electron chi connectivity index (χ4n) is 2.26. The topological polar surface area (TPSA) is 59.1 Å². The van der Waals surface area contributed by atoms with Crippen LogP contribution in [-0.2, 0) is 9.59 Å². The molecule has 2 heterocycles. The molecule has 1 aliphatic heterocycles. The summed E-state index contributed by atoms with van der Waals surface area (Å²) in [5, 5.41) is 2.58. The second kappa shape index (κ2) is 4.47. The van der Waals surface area contributed by atoms with Crippen LogP contribution in [-0.4, -0.2) is 22.2 Å². The lowest BCUT2D eigenvalue weighted by Crippen LogP contribution is -2.22. The number of nitrogens with one attached hydrogen (secondary N) is 1. The van der Waals surface area contributed by atoms with E-state index in [1.54, 1.807) is 24.4 Å². The van der Waals surface area contributed by atoms with Gasteiger partial charge in [0.05, 0.1) is 11.4 Å². The van der Waals surface area contributed by atoms with E-state index in [1.165, 1.54) is 0 Å². The van der Waals surface area contributed by atoms with Crippen LogP contribution in [0.25, 0.3) is 10.9 Å². The number of nitrogens with zero attached hydrogens (tertiary/aromatic N) is 1. The van der Waals surface area contributed by atoms with Crippen molar-refractivity contribution in [3.8, 4) is 0 Å². The first-order chi connectivity index (χ1) is 9.09. The number of rotatable bonds is 1. The Kier molecular flexibility index (Phi) is 2.92. The molecule has 1 aromatic carbocycles. The molecular formula is C13H8Cl2N2O2. The Morgan fingerprint density at radius 2 is 1.95 bits per heavy atom. The van der Waals surface area contributed by atoms with E-state index in [9.17, 15) is 9.59 Å². The molecule has 1 aliphatic rings. The molecule has 6 heteroatoms. The number of alkyl halides is 1. The molecule has 1 N–H and O–H groups in total. The van der Waals surface area contributed by atoms with Crippen molar-refractivity contribution in [2.75, 3.05) is 0 Å². The lowest BCUT2D eigenvalue weighted by molar-refractivity contribution is -0.125. The van der Waals surface area contributed by atoms with Crippen molar-refractivity contribution in [2.24, 2.45) is 0 Å². The summed E-state index contributed by atoms with van der Waals surface area (Å²) in [5.74, 6) is -1.61. The highest BCUT2D eigenvalue weighted by Crippen LogP contribution is 2.35. The van der Waals surface area contributed by atoms with E-state index < -0.39 is 23.1 Å². The minimum absolute atomic E-state index is 0.403. The van der Waals surface area contributed by atoms with Crippen LogP contribution in [0.2, 0.25) is 5.02 Å². The molecule has 0 spiro atoms. The fourth-order valence-corrected chi connectivity index (χ4v) is 2.78. The number of hydrogen-bond acceptors (Lipinski definition) is 3. The molecule has 1 aromatic heterocycles. The molecule has 0 radical (unpaired) electrons. The number of benzene rings is 1. The minimum Gasteiger partial charge on any atom is -0.295 e. The van der Waals surface area contributed by atoms with Gasteiger partial charge in [0, 0.05) is 16.6 Å². The molecule has 0 aliphatic carbocycles. The molecule has 3 rings (SSSR count). The van der Waals surface area contributed by atoms with E-state index >= 15 is 0 Å². The molecule has 0 saturated carbocycles. The molecule has 96 valence electrons. The number of hydrogen-bond donors (Lipinski definition) is 1. The number of pyridine rings is 1. The molecule has 19 heavy (non-hydrogen) atoms. The molecule has 1 saturated heterocycles. The zero-order chi connectivity index (χ0) is 13.6. The summed E-state index contributed by atoms with van der Waals surface area (Å²) >= 11 is 12.1. The normalized spacial score (nSPS) is 22.8. The highest BCUT2D eigenvalue weighted by molar-refractivity contribution is 6.38. The molecule has 2 aromatic rings. The second-order valence-electron chi connectivity index (χ2n) is 4.27. The first kappa shape index (κ1) is 12.4. The maximum Gasteiger partial charge on any atom is 0.245 e. The average Bonchev–Trinajstić information content (AvgIpc) is 2.65. The Hall–Kier alpha value is -1.65. The summed E-state index contributed by atoms with van der Waals surface area (Å²) in [4.78, 5) is 27.6. The van der Waals surface area contributed by atoms with Crippen LogP contribution >= 0.6 is 23.2 Å². The van der Waals surface area contributed by atoms with Crippen molar-refractivity contribution >= 4 is 45.9 Å². The van der Waals surface area contributed by atoms with E-state index in [0.717, 1.165) is 5.39 Å². The van der Waals surface area contributed by atoms with Crippen LogP contribution in [0.4, 0.5) is 0 Å². The van der Waals surface area contributed by atoms with Crippen molar-refractivity contribution in [3.05, 3.63) is 41.0 Å². The number of fused-ring (bicyclic) bond motifs is 1. The van der Waals surface area contributed by atoms with Crippen LogP contribution in [0.5, 0.6) is 0 Å². The van der Waals surface area contributed by atoms with Crippen LogP contribution in [0, 0.1) is 0 Å². The summed E-state index contributed by atoms with van der Waals surface area (Å²) in [6, 6.07) is 6.94. The second-order valence-corrected chi connectivity index (χ2v) is 5.15. The molecular weight excluding hydrogens is 287 g/mol. The van der Waals surface area contributed by atoms with E-state index in [1.807, 2.05) is 6.07 Å². The van der Waals surface area contributed by atoms with Gasteiger partial charge in [0.15, 0.2) is 0 Å². The average molecular weight is 295 g/mol. The Bertz CT molecular complexity index is 702. The SMILES string of the molecule is O=C1NC(=O)C(c2ccc(Cl)c3cccnc23)C1Cl. The van der Waals surface area contributed by atoms with Gasteiger partial charge in [0.2, 0.25) is 11.8 Å². The molecule has 2 unspecified atom stereocenters. The van der Waals surface area contributed by atoms with Gasteiger partial charge in [0.25, 0.3) is 0 Å². The molecule has 2 amide bonds. The number of amides is 2. The third-order valence-corrected chi connectivity index (χ3v) is 3.93. The summed E-state index contributed by atoms with van der Waals surface area (Å²) in [5.41, 5.74) is 1.21. The van der Waals surface area contributed by atoms with Crippen LogP contribution in [0.15, 0.2) is 30.5 Å². The number of halogens is 2. The van der Waals surface area contributed by atoms with Gasteiger partial charge < -0.3 is 0 Å². The predicted molar refractivity (Wildman–Crippen MR) is 72.3 cm³/mol. The van der Waals surface area contributed by atoms with Crippen molar-refractivity contribution in [1.29, 1.82) is 0 Å². The predicted octanol–water partition coefficient (Wildman–Crippen LogP) is 2.24. The van der Waals surface area contributed by atoms with Crippen molar-refractivity contribution < 1.29 is 9.59 Å². The Labute approximate surface area is 118 Å².